The summed E-state index contributed by atoms with van der Waals surface area (Å²) < 4.78 is 5.22. The van der Waals surface area contributed by atoms with Gasteiger partial charge in [-0.2, -0.15) is 0 Å². The van der Waals surface area contributed by atoms with Crippen LogP contribution in [-0.2, 0) is 0 Å². The molecule has 0 aliphatic carbocycles. The van der Waals surface area contributed by atoms with Crippen molar-refractivity contribution in [3.8, 4) is 5.75 Å². The molecule has 5 heteroatoms. The average Bonchev–Trinajstić information content (AvgIpc) is 2.61. The Morgan fingerprint density at radius 3 is 2.48 bits per heavy atom. The second kappa shape index (κ2) is 6.96. The molecule has 1 aliphatic heterocycles. The summed E-state index contributed by atoms with van der Waals surface area (Å²) in [5.74, 6) is 3.16. The van der Waals surface area contributed by atoms with E-state index in [-0.39, 0.29) is 0 Å². The van der Waals surface area contributed by atoms with E-state index in [2.05, 4.69) is 26.3 Å². The maximum absolute atomic E-state index is 5.22. The molecule has 1 aromatic carbocycles. The minimum Gasteiger partial charge on any atom is -0.497 e. The number of hydrogen-bond acceptors (Lipinski definition) is 5. The van der Waals surface area contributed by atoms with Crippen molar-refractivity contribution in [3.05, 3.63) is 41.9 Å². The van der Waals surface area contributed by atoms with Crippen molar-refractivity contribution in [2.24, 2.45) is 0 Å². The molecule has 1 aliphatic rings. The molecule has 122 valence electrons. The van der Waals surface area contributed by atoms with Crippen molar-refractivity contribution in [3.63, 3.8) is 0 Å². The molecule has 0 bridgehead atoms. The van der Waals surface area contributed by atoms with Crippen molar-refractivity contribution in [2.45, 2.75) is 25.7 Å². The Morgan fingerprint density at radius 1 is 1.13 bits per heavy atom. The molecule has 0 unspecified atom stereocenters. The van der Waals surface area contributed by atoms with E-state index < -0.39 is 0 Å². The summed E-state index contributed by atoms with van der Waals surface area (Å²) in [5, 5.41) is 3.41. The molecule has 0 saturated carbocycles. The fraction of sp³-hybridized carbons (Fsp3) is 0.444. The maximum atomic E-state index is 5.22. The normalized spacial score (nSPS) is 15.4. The number of piperidine rings is 1. The minimum atomic E-state index is 0.529. The van der Waals surface area contributed by atoms with Gasteiger partial charge in [0.15, 0.2) is 0 Å². The Balaban J connectivity index is 1.87. The molecule has 1 fully saturated rings. The summed E-state index contributed by atoms with van der Waals surface area (Å²) >= 11 is 0. The van der Waals surface area contributed by atoms with E-state index in [0.717, 1.165) is 54.7 Å². The Hall–Kier alpha value is -2.14. The number of aromatic nitrogens is 2. The molecule has 23 heavy (non-hydrogen) atoms. The maximum Gasteiger partial charge on any atom is 0.136 e. The highest BCUT2D eigenvalue weighted by Crippen LogP contribution is 2.29. The van der Waals surface area contributed by atoms with Gasteiger partial charge in [0, 0.05) is 30.4 Å². The van der Waals surface area contributed by atoms with Gasteiger partial charge in [-0.15, -0.1) is 0 Å². The van der Waals surface area contributed by atoms with Crippen molar-refractivity contribution in [2.75, 3.05) is 32.1 Å². The summed E-state index contributed by atoms with van der Waals surface area (Å²) in [4.78, 5) is 11.4. The average molecular weight is 312 g/mol. The van der Waals surface area contributed by atoms with Crippen LogP contribution in [0.1, 0.15) is 30.3 Å². The highest BCUT2D eigenvalue weighted by atomic mass is 16.5. The lowest BCUT2D eigenvalue weighted by Gasteiger charge is -2.24. The predicted molar refractivity (Wildman–Crippen MR) is 92.7 cm³/mol. The van der Waals surface area contributed by atoms with Crippen molar-refractivity contribution < 1.29 is 4.74 Å². The zero-order chi connectivity index (χ0) is 16.2. The van der Waals surface area contributed by atoms with Gasteiger partial charge in [0.05, 0.1) is 7.11 Å². The molecule has 2 aromatic rings. The van der Waals surface area contributed by atoms with Gasteiger partial charge in [0.2, 0.25) is 0 Å². The first-order valence-electron chi connectivity index (χ1n) is 8.11. The lowest BCUT2D eigenvalue weighted by atomic mass is 9.94. The van der Waals surface area contributed by atoms with Gasteiger partial charge in [-0.1, -0.05) is 0 Å². The summed E-state index contributed by atoms with van der Waals surface area (Å²) in [7, 11) is 3.72. The monoisotopic (exact) mass is 312 g/mol. The first-order valence-corrected chi connectivity index (χ1v) is 8.11. The van der Waals surface area contributed by atoms with Gasteiger partial charge >= 0.3 is 0 Å². The SMILES string of the molecule is COc1ccc(N(C)c2cc(C3CCNCC3)nc(C)n2)cc1. The predicted octanol–water partition coefficient (Wildman–Crippen LogP) is 3.03. The number of benzene rings is 1. The molecule has 0 radical (unpaired) electrons. The van der Waals surface area contributed by atoms with E-state index in [1.165, 1.54) is 0 Å². The lowest BCUT2D eigenvalue weighted by Crippen LogP contribution is -2.27. The zero-order valence-electron chi connectivity index (χ0n) is 14.0. The minimum absolute atomic E-state index is 0.529. The van der Waals surface area contributed by atoms with Crippen LogP contribution in [-0.4, -0.2) is 37.2 Å². The third-order valence-corrected chi connectivity index (χ3v) is 4.41. The highest BCUT2D eigenvalue weighted by molar-refractivity contribution is 5.60. The number of hydrogen-bond donors (Lipinski definition) is 1. The van der Waals surface area contributed by atoms with Gasteiger partial charge in [-0.3, -0.25) is 0 Å². The lowest BCUT2D eigenvalue weighted by molar-refractivity contribution is 0.415. The van der Waals surface area contributed by atoms with E-state index in [1.54, 1.807) is 7.11 Å². The van der Waals surface area contributed by atoms with Crippen LogP contribution >= 0.6 is 0 Å². The first kappa shape index (κ1) is 15.7. The molecule has 1 aromatic heterocycles. The van der Waals surface area contributed by atoms with Crippen LogP contribution in [0, 0.1) is 6.92 Å². The van der Waals surface area contributed by atoms with Gasteiger partial charge < -0.3 is 15.0 Å². The highest BCUT2D eigenvalue weighted by Gasteiger charge is 2.19. The molecule has 2 heterocycles. The van der Waals surface area contributed by atoms with Crippen LogP contribution in [0.5, 0.6) is 5.75 Å². The number of ether oxygens (including phenoxy) is 1. The number of anilines is 2. The third-order valence-electron chi connectivity index (χ3n) is 4.41. The molecule has 0 amide bonds. The van der Waals surface area contributed by atoms with Crippen LogP contribution in [0.4, 0.5) is 11.5 Å². The molecule has 1 saturated heterocycles. The van der Waals surface area contributed by atoms with E-state index in [0.29, 0.717) is 5.92 Å². The Bertz CT molecular complexity index is 651. The van der Waals surface area contributed by atoms with Crippen molar-refractivity contribution in [1.82, 2.24) is 15.3 Å². The molecule has 0 atom stereocenters. The Kier molecular flexibility index (Phi) is 4.76. The van der Waals surface area contributed by atoms with Crippen LogP contribution in [0.25, 0.3) is 0 Å². The standard InChI is InChI=1S/C18H24N4O/c1-13-20-17(14-8-10-19-11-9-14)12-18(21-13)22(2)15-4-6-16(23-3)7-5-15/h4-7,12,14,19H,8-11H2,1-3H3. The summed E-state index contributed by atoms with van der Waals surface area (Å²) in [5.41, 5.74) is 2.24. The molecular weight excluding hydrogens is 288 g/mol. The smallest absolute Gasteiger partial charge is 0.136 e. The Labute approximate surface area is 137 Å². The van der Waals surface area contributed by atoms with Crippen LogP contribution in [0.3, 0.4) is 0 Å². The number of nitrogens with one attached hydrogen (secondary N) is 1. The van der Waals surface area contributed by atoms with Gasteiger partial charge in [-0.25, -0.2) is 9.97 Å². The van der Waals surface area contributed by atoms with Crippen LogP contribution in [0.2, 0.25) is 0 Å². The first-order chi connectivity index (χ1) is 11.2. The number of nitrogens with zero attached hydrogens (tertiary/aromatic N) is 3. The van der Waals surface area contributed by atoms with Gasteiger partial charge in [0.1, 0.15) is 17.4 Å². The molecule has 5 nitrogen and oxygen atoms in total. The van der Waals surface area contributed by atoms with Crippen LogP contribution < -0.4 is 15.0 Å². The van der Waals surface area contributed by atoms with E-state index >= 15 is 0 Å². The number of aryl methyl sites for hydroxylation is 1. The molecule has 1 N–H and O–H groups in total. The van der Waals surface area contributed by atoms with E-state index in [4.69, 9.17) is 4.74 Å². The molecule has 0 spiro atoms. The Morgan fingerprint density at radius 2 is 1.83 bits per heavy atom. The summed E-state index contributed by atoms with van der Waals surface area (Å²) in [6.07, 6.45) is 2.28. The third kappa shape index (κ3) is 3.62. The summed E-state index contributed by atoms with van der Waals surface area (Å²) in [6, 6.07) is 10.1. The van der Waals surface area contributed by atoms with Gasteiger partial charge in [0.25, 0.3) is 0 Å². The molecular formula is C18H24N4O. The number of methoxy groups -OCH3 is 1. The topological polar surface area (TPSA) is 50.3 Å². The van der Waals surface area contributed by atoms with Gasteiger partial charge in [-0.05, 0) is 57.1 Å². The van der Waals surface area contributed by atoms with Crippen molar-refractivity contribution in [1.29, 1.82) is 0 Å². The van der Waals surface area contributed by atoms with Crippen molar-refractivity contribution >= 4 is 11.5 Å². The fourth-order valence-electron chi connectivity index (χ4n) is 3.01. The number of rotatable bonds is 4. The zero-order valence-corrected chi connectivity index (χ0v) is 14.0. The fourth-order valence-corrected chi connectivity index (χ4v) is 3.01. The quantitative estimate of drug-likeness (QED) is 0.940. The molecule has 3 rings (SSSR count). The van der Waals surface area contributed by atoms with E-state index in [1.807, 2.05) is 38.2 Å². The van der Waals surface area contributed by atoms with E-state index in [9.17, 15) is 0 Å². The largest absolute Gasteiger partial charge is 0.497 e. The summed E-state index contributed by atoms with van der Waals surface area (Å²) in [6.45, 7) is 4.10. The second-order valence-corrected chi connectivity index (χ2v) is 5.98. The second-order valence-electron chi connectivity index (χ2n) is 5.98. The van der Waals surface area contributed by atoms with Crippen LogP contribution in [0.15, 0.2) is 30.3 Å².